The maximum atomic E-state index is 13.4. The van der Waals surface area contributed by atoms with Crippen molar-refractivity contribution in [2.75, 3.05) is 5.32 Å². The monoisotopic (exact) mass is 385 g/mol. The van der Waals surface area contributed by atoms with Crippen LogP contribution in [0.3, 0.4) is 0 Å². The molecule has 27 heavy (non-hydrogen) atoms. The van der Waals surface area contributed by atoms with Crippen LogP contribution in [0.15, 0.2) is 18.2 Å². The number of rotatable bonds is 2. The molecule has 9 heteroatoms. The van der Waals surface area contributed by atoms with Crippen LogP contribution in [-0.4, -0.2) is 48.2 Å². The van der Waals surface area contributed by atoms with Gasteiger partial charge in [0.2, 0.25) is 0 Å². The molecular formula is C18H21F2NO6. The summed E-state index contributed by atoms with van der Waals surface area (Å²) in [5, 5.41) is 2.52. The van der Waals surface area contributed by atoms with E-state index in [0.717, 1.165) is 12.1 Å². The minimum absolute atomic E-state index is 0.100. The fraction of sp³-hybridized carbons (Fsp3) is 0.611. The van der Waals surface area contributed by atoms with Crippen LogP contribution in [0, 0.1) is 11.6 Å². The van der Waals surface area contributed by atoms with Gasteiger partial charge in [-0.05, 0) is 39.8 Å². The topological polar surface area (TPSA) is 75.3 Å². The predicted octanol–water partition coefficient (Wildman–Crippen LogP) is 2.30. The molecule has 4 rings (SSSR count). The van der Waals surface area contributed by atoms with Crippen molar-refractivity contribution in [1.29, 1.82) is 0 Å². The summed E-state index contributed by atoms with van der Waals surface area (Å²) in [7, 11) is 0. The zero-order chi connectivity index (χ0) is 19.6. The fourth-order valence-electron chi connectivity index (χ4n) is 3.61. The van der Waals surface area contributed by atoms with Gasteiger partial charge in [0, 0.05) is 11.8 Å². The lowest BCUT2D eigenvalue weighted by atomic mass is 9.98. The second-order valence-corrected chi connectivity index (χ2v) is 7.71. The van der Waals surface area contributed by atoms with Crippen molar-refractivity contribution in [3.8, 4) is 0 Å². The molecule has 1 aromatic rings. The van der Waals surface area contributed by atoms with E-state index in [1.807, 2.05) is 0 Å². The van der Waals surface area contributed by atoms with Gasteiger partial charge in [-0.2, -0.15) is 0 Å². The molecule has 0 unspecified atom stereocenters. The summed E-state index contributed by atoms with van der Waals surface area (Å²) in [4.78, 5) is 12.8. The smallest absolute Gasteiger partial charge is 0.256 e. The van der Waals surface area contributed by atoms with Crippen molar-refractivity contribution in [3.05, 3.63) is 29.8 Å². The second-order valence-electron chi connectivity index (χ2n) is 7.71. The maximum absolute atomic E-state index is 13.4. The first kappa shape index (κ1) is 18.7. The number of anilines is 1. The Labute approximate surface area is 154 Å². The fourth-order valence-corrected chi connectivity index (χ4v) is 3.61. The number of halogens is 2. The summed E-state index contributed by atoms with van der Waals surface area (Å²) in [5.74, 6) is -4.49. The Hall–Kier alpha value is -1.65. The van der Waals surface area contributed by atoms with Gasteiger partial charge in [0.05, 0.1) is 0 Å². The number of hydrogen-bond donors (Lipinski definition) is 1. The molecule has 1 N–H and O–H groups in total. The van der Waals surface area contributed by atoms with Crippen molar-refractivity contribution in [1.82, 2.24) is 0 Å². The molecule has 7 nitrogen and oxygen atoms in total. The number of carbonyl (C=O) groups is 1. The van der Waals surface area contributed by atoms with Crippen molar-refractivity contribution in [2.24, 2.45) is 0 Å². The molecule has 0 bridgehead atoms. The van der Waals surface area contributed by atoms with Gasteiger partial charge >= 0.3 is 0 Å². The quantitative estimate of drug-likeness (QED) is 0.842. The minimum atomic E-state index is -1.08. The number of carbonyl (C=O) groups excluding carboxylic acids is 1. The van der Waals surface area contributed by atoms with E-state index in [4.69, 9.17) is 23.7 Å². The molecule has 1 aromatic carbocycles. The molecule has 3 aliphatic heterocycles. The number of fused-ring (bicyclic) bond motifs is 3. The lowest BCUT2D eigenvalue weighted by Crippen LogP contribution is -2.58. The number of benzene rings is 1. The summed E-state index contributed by atoms with van der Waals surface area (Å²) in [6, 6.07) is 3.08. The van der Waals surface area contributed by atoms with Gasteiger partial charge < -0.3 is 29.0 Å². The van der Waals surface area contributed by atoms with Gasteiger partial charge in [-0.3, -0.25) is 4.79 Å². The Balaban J connectivity index is 1.57. The van der Waals surface area contributed by atoms with Gasteiger partial charge in [0.1, 0.15) is 18.3 Å². The van der Waals surface area contributed by atoms with Gasteiger partial charge in [-0.1, -0.05) is 0 Å². The Kier molecular flexibility index (Phi) is 4.28. The van der Waals surface area contributed by atoms with Crippen LogP contribution < -0.4 is 5.32 Å². The Morgan fingerprint density at radius 1 is 0.926 bits per heavy atom. The first-order valence-electron chi connectivity index (χ1n) is 8.67. The molecule has 3 heterocycles. The molecule has 0 aliphatic carbocycles. The van der Waals surface area contributed by atoms with Crippen LogP contribution in [0.1, 0.15) is 27.7 Å². The van der Waals surface area contributed by atoms with E-state index in [9.17, 15) is 13.6 Å². The normalized spacial score (nSPS) is 36.1. The molecular weight excluding hydrogens is 364 g/mol. The van der Waals surface area contributed by atoms with Crippen LogP contribution in [0.4, 0.5) is 14.5 Å². The van der Waals surface area contributed by atoms with E-state index in [1.165, 1.54) is 6.07 Å². The standard InChI is InChI=1S/C18H21F2NO6/c1-17(2)24-11-12(25-17)14-16(27-18(3,4)26-14)23-13(11)15(22)21-8-5-6-9(19)10(20)7-8/h5-7,11-14,16H,1-4H3,(H,21,22)/t11-,12-,13+,14+,16+/m1/s1. The summed E-state index contributed by atoms with van der Waals surface area (Å²) >= 11 is 0. The molecule has 0 spiro atoms. The summed E-state index contributed by atoms with van der Waals surface area (Å²) < 4.78 is 55.7. The molecule has 148 valence electrons. The molecule has 5 atom stereocenters. The van der Waals surface area contributed by atoms with Gasteiger partial charge in [-0.15, -0.1) is 0 Å². The van der Waals surface area contributed by atoms with Crippen LogP contribution in [0.2, 0.25) is 0 Å². The van der Waals surface area contributed by atoms with Crippen LogP contribution in [0.5, 0.6) is 0 Å². The zero-order valence-electron chi connectivity index (χ0n) is 15.3. The summed E-state index contributed by atoms with van der Waals surface area (Å²) in [6.07, 6.45) is -3.78. The Bertz CT molecular complexity index is 770. The van der Waals surface area contributed by atoms with E-state index in [0.29, 0.717) is 0 Å². The van der Waals surface area contributed by atoms with Crippen molar-refractivity contribution in [3.63, 3.8) is 0 Å². The third-order valence-corrected chi connectivity index (χ3v) is 4.60. The van der Waals surface area contributed by atoms with Gasteiger partial charge in [-0.25, -0.2) is 8.78 Å². The van der Waals surface area contributed by atoms with Gasteiger partial charge in [0.15, 0.2) is 35.6 Å². The highest BCUT2D eigenvalue weighted by atomic mass is 19.2. The minimum Gasteiger partial charge on any atom is -0.342 e. The van der Waals surface area contributed by atoms with Crippen LogP contribution in [0.25, 0.3) is 0 Å². The highest BCUT2D eigenvalue weighted by Crippen LogP contribution is 2.44. The average molecular weight is 385 g/mol. The van der Waals surface area contributed by atoms with E-state index < -0.39 is 59.8 Å². The van der Waals surface area contributed by atoms with Crippen LogP contribution >= 0.6 is 0 Å². The molecule has 3 aliphatic rings. The number of ether oxygens (including phenoxy) is 5. The molecule has 1 amide bonds. The largest absolute Gasteiger partial charge is 0.342 e. The maximum Gasteiger partial charge on any atom is 0.256 e. The highest BCUT2D eigenvalue weighted by molar-refractivity contribution is 5.94. The Morgan fingerprint density at radius 3 is 2.26 bits per heavy atom. The molecule has 0 radical (unpaired) electrons. The SMILES string of the molecule is CC1(C)O[C@@H]2O[C@H](C(=O)Nc3ccc(F)c(F)c3)[C@@H]3OC(C)(C)O[C@H]3[C@@H]2O1. The van der Waals surface area contributed by atoms with E-state index in [-0.39, 0.29) is 5.69 Å². The molecule has 3 saturated heterocycles. The predicted molar refractivity (Wildman–Crippen MR) is 87.5 cm³/mol. The van der Waals surface area contributed by atoms with Crippen molar-refractivity contribution < 1.29 is 37.3 Å². The average Bonchev–Trinajstić information content (AvgIpc) is 3.04. The third-order valence-electron chi connectivity index (χ3n) is 4.60. The van der Waals surface area contributed by atoms with E-state index in [1.54, 1.807) is 27.7 Å². The first-order valence-corrected chi connectivity index (χ1v) is 8.67. The van der Waals surface area contributed by atoms with Crippen LogP contribution in [-0.2, 0) is 28.5 Å². The first-order chi connectivity index (χ1) is 12.5. The number of nitrogens with one attached hydrogen (secondary N) is 1. The second kappa shape index (κ2) is 6.18. The number of amides is 1. The lowest BCUT2D eigenvalue weighted by Gasteiger charge is -2.36. The number of hydrogen-bond acceptors (Lipinski definition) is 6. The van der Waals surface area contributed by atoms with Crippen molar-refractivity contribution >= 4 is 11.6 Å². The molecule has 0 aromatic heterocycles. The van der Waals surface area contributed by atoms with Crippen molar-refractivity contribution in [2.45, 2.75) is 70.0 Å². The third kappa shape index (κ3) is 3.45. The highest BCUT2D eigenvalue weighted by Gasteiger charge is 2.62. The molecule has 0 saturated carbocycles. The van der Waals surface area contributed by atoms with E-state index >= 15 is 0 Å². The summed E-state index contributed by atoms with van der Waals surface area (Å²) in [5.41, 5.74) is 0.100. The Morgan fingerprint density at radius 2 is 1.56 bits per heavy atom. The molecule has 3 fully saturated rings. The zero-order valence-corrected chi connectivity index (χ0v) is 15.3. The summed E-state index contributed by atoms with van der Waals surface area (Å²) in [6.45, 7) is 6.93. The van der Waals surface area contributed by atoms with Gasteiger partial charge in [0.25, 0.3) is 5.91 Å². The van der Waals surface area contributed by atoms with E-state index in [2.05, 4.69) is 5.32 Å². The lowest BCUT2D eigenvalue weighted by molar-refractivity contribution is -0.229.